The fourth-order valence-corrected chi connectivity index (χ4v) is 2.47. The van der Waals surface area contributed by atoms with Crippen LogP contribution in [0.2, 0.25) is 0 Å². The number of nitrogens with zero attached hydrogens (tertiary/aromatic N) is 2. The predicted octanol–water partition coefficient (Wildman–Crippen LogP) is 2.06. The first-order chi connectivity index (χ1) is 11.2. The molecule has 0 radical (unpaired) electrons. The van der Waals surface area contributed by atoms with Crippen molar-refractivity contribution in [1.82, 2.24) is 9.55 Å². The summed E-state index contributed by atoms with van der Waals surface area (Å²) in [6, 6.07) is 3.83. The smallest absolute Gasteiger partial charge is 0.163 e. The molecule has 0 saturated heterocycles. The van der Waals surface area contributed by atoms with E-state index in [1.54, 1.807) is 21.3 Å². The molecular formula is C16H27Cl2N3O4. The van der Waals surface area contributed by atoms with Gasteiger partial charge in [0.1, 0.15) is 5.82 Å². The van der Waals surface area contributed by atoms with Gasteiger partial charge in [-0.05, 0) is 6.54 Å². The second-order valence-electron chi connectivity index (χ2n) is 5.02. The van der Waals surface area contributed by atoms with Crippen LogP contribution in [0.4, 0.5) is 0 Å². The molecule has 0 spiro atoms. The van der Waals surface area contributed by atoms with Gasteiger partial charge in [0.25, 0.3) is 0 Å². The van der Waals surface area contributed by atoms with Crippen LogP contribution in [0.25, 0.3) is 11.0 Å². The zero-order chi connectivity index (χ0) is 16.7. The van der Waals surface area contributed by atoms with Crippen LogP contribution in [0.15, 0.2) is 12.1 Å². The van der Waals surface area contributed by atoms with Gasteiger partial charge < -0.3 is 29.2 Å². The minimum Gasteiger partial charge on any atom is -0.493 e. The van der Waals surface area contributed by atoms with Crippen LogP contribution < -0.4 is 15.2 Å². The van der Waals surface area contributed by atoms with E-state index in [1.165, 1.54) is 0 Å². The molecule has 0 amide bonds. The number of fused-ring (bicyclic) bond motifs is 1. The second-order valence-corrected chi connectivity index (χ2v) is 5.02. The Morgan fingerprint density at radius 1 is 1.00 bits per heavy atom. The van der Waals surface area contributed by atoms with Crippen molar-refractivity contribution in [2.45, 2.75) is 13.0 Å². The summed E-state index contributed by atoms with van der Waals surface area (Å²) in [6.07, 6.45) is 0.706. The first kappa shape index (κ1) is 23.8. The van der Waals surface area contributed by atoms with Gasteiger partial charge >= 0.3 is 0 Å². The maximum Gasteiger partial charge on any atom is 0.163 e. The molecule has 0 saturated carbocycles. The lowest BCUT2D eigenvalue weighted by atomic mass is 10.2. The lowest BCUT2D eigenvalue weighted by molar-refractivity contribution is 0.0667. The molecule has 2 N–H and O–H groups in total. The molecule has 1 heterocycles. The van der Waals surface area contributed by atoms with E-state index in [1.807, 2.05) is 12.1 Å². The third kappa shape index (κ3) is 5.90. The van der Waals surface area contributed by atoms with Crippen molar-refractivity contribution < 1.29 is 18.9 Å². The molecule has 1 aromatic heterocycles. The molecule has 0 atom stereocenters. The number of halogens is 2. The predicted molar refractivity (Wildman–Crippen MR) is 103 cm³/mol. The summed E-state index contributed by atoms with van der Waals surface area (Å²) in [4.78, 5) is 4.67. The van der Waals surface area contributed by atoms with Crippen molar-refractivity contribution in [3.8, 4) is 11.5 Å². The molecule has 0 aliphatic heterocycles. The number of hydrogen-bond donors (Lipinski definition) is 1. The summed E-state index contributed by atoms with van der Waals surface area (Å²) in [6.45, 7) is 2.99. The van der Waals surface area contributed by atoms with Crippen LogP contribution >= 0.6 is 24.8 Å². The third-order valence-electron chi connectivity index (χ3n) is 3.59. The molecule has 7 nitrogen and oxygen atoms in total. The lowest BCUT2D eigenvalue weighted by Crippen LogP contribution is -2.14. The van der Waals surface area contributed by atoms with Gasteiger partial charge in [0.15, 0.2) is 11.5 Å². The van der Waals surface area contributed by atoms with Crippen molar-refractivity contribution in [3.63, 3.8) is 0 Å². The molecule has 0 aliphatic rings. The maximum absolute atomic E-state index is 5.71. The number of imidazole rings is 1. The Balaban J connectivity index is 0.00000288. The summed E-state index contributed by atoms with van der Waals surface area (Å²) in [5.74, 6) is 2.29. The number of rotatable bonds is 10. The first-order valence-corrected chi connectivity index (χ1v) is 7.63. The van der Waals surface area contributed by atoms with Crippen molar-refractivity contribution in [2.24, 2.45) is 5.73 Å². The highest BCUT2D eigenvalue weighted by Gasteiger charge is 2.14. The van der Waals surface area contributed by atoms with Gasteiger partial charge in [0.2, 0.25) is 0 Å². The lowest BCUT2D eigenvalue weighted by Gasteiger charge is -2.11. The van der Waals surface area contributed by atoms with Crippen LogP contribution in [0.1, 0.15) is 5.82 Å². The highest BCUT2D eigenvalue weighted by atomic mass is 35.5. The van der Waals surface area contributed by atoms with Gasteiger partial charge in [-0.1, -0.05) is 0 Å². The summed E-state index contributed by atoms with van der Waals surface area (Å²) in [5, 5.41) is 0. The molecule has 2 aromatic rings. The van der Waals surface area contributed by atoms with Crippen LogP contribution in [-0.4, -0.2) is 57.2 Å². The second kappa shape index (κ2) is 12.2. The minimum absolute atomic E-state index is 0. The fourth-order valence-electron chi connectivity index (χ4n) is 2.47. The van der Waals surface area contributed by atoms with Crippen LogP contribution in [-0.2, 0) is 22.4 Å². The zero-order valence-electron chi connectivity index (χ0n) is 14.8. The van der Waals surface area contributed by atoms with Crippen LogP contribution in [0.3, 0.4) is 0 Å². The Kier molecular flexibility index (Phi) is 11.6. The number of nitrogens with two attached hydrogens (primary N) is 1. The van der Waals surface area contributed by atoms with Crippen molar-refractivity contribution in [3.05, 3.63) is 18.0 Å². The van der Waals surface area contributed by atoms with E-state index in [-0.39, 0.29) is 24.8 Å². The molecule has 2 rings (SSSR count). The van der Waals surface area contributed by atoms with Gasteiger partial charge in [0.05, 0.1) is 45.1 Å². The topological polar surface area (TPSA) is 80.8 Å². The normalized spacial score (nSPS) is 10.2. The summed E-state index contributed by atoms with van der Waals surface area (Å²) in [7, 11) is 4.90. The van der Waals surface area contributed by atoms with E-state index in [9.17, 15) is 0 Å². The van der Waals surface area contributed by atoms with Gasteiger partial charge in [-0.25, -0.2) is 4.98 Å². The maximum atomic E-state index is 5.71. The Labute approximate surface area is 160 Å². The molecule has 0 bridgehead atoms. The molecular weight excluding hydrogens is 369 g/mol. The number of ether oxygens (including phenoxy) is 4. The van der Waals surface area contributed by atoms with E-state index >= 15 is 0 Å². The van der Waals surface area contributed by atoms with Gasteiger partial charge in [-0.2, -0.15) is 0 Å². The number of hydrogen-bond acceptors (Lipinski definition) is 6. The van der Waals surface area contributed by atoms with Crippen LogP contribution in [0, 0.1) is 0 Å². The van der Waals surface area contributed by atoms with E-state index < -0.39 is 0 Å². The minimum atomic E-state index is 0. The summed E-state index contributed by atoms with van der Waals surface area (Å²) < 4.78 is 23.4. The first-order valence-electron chi connectivity index (χ1n) is 7.63. The van der Waals surface area contributed by atoms with E-state index in [2.05, 4.69) is 9.55 Å². The molecule has 0 aliphatic carbocycles. The van der Waals surface area contributed by atoms with E-state index in [4.69, 9.17) is 24.7 Å². The van der Waals surface area contributed by atoms with Gasteiger partial charge in [-0.15, -0.1) is 24.8 Å². The molecule has 144 valence electrons. The van der Waals surface area contributed by atoms with E-state index in [0.29, 0.717) is 50.8 Å². The van der Waals surface area contributed by atoms with Gasteiger partial charge in [-0.3, -0.25) is 0 Å². The Morgan fingerprint density at radius 2 is 1.68 bits per heavy atom. The average molecular weight is 396 g/mol. The van der Waals surface area contributed by atoms with E-state index in [0.717, 1.165) is 16.9 Å². The Morgan fingerprint density at radius 3 is 2.28 bits per heavy atom. The SMILES string of the molecule is COCCOCCn1c(CCN)nc2cc(OC)c(OC)cc21.Cl.Cl. The zero-order valence-corrected chi connectivity index (χ0v) is 16.5. The van der Waals surface area contributed by atoms with Crippen LogP contribution in [0.5, 0.6) is 11.5 Å². The number of aromatic nitrogens is 2. The summed E-state index contributed by atoms with van der Waals surface area (Å²) in [5.41, 5.74) is 7.56. The summed E-state index contributed by atoms with van der Waals surface area (Å²) >= 11 is 0. The largest absolute Gasteiger partial charge is 0.493 e. The third-order valence-corrected chi connectivity index (χ3v) is 3.59. The number of benzene rings is 1. The standard InChI is InChI=1S/C16H25N3O4.2ClH/c1-20-8-9-23-7-6-19-13-11-15(22-3)14(21-2)10-12(13)18-16(19)4-5-17;;/h10-11H,4-9,17H2,1-3H3;2*1H. The van der Waals surface area contributed by atoms with Crippen molar-refractivity contribution in [1.29, 1.82) is 0 Å². The van der Waals surface area contributed by atoms with Crippen molar-refractivity contribution >= 4 is 35.8 Å². The highest BCUT2D eigenvalue weighted by Crippen LogP contribution is 2.32. The highest BCUT2D eigenvalue weighted by molar-refractivity contribution is 5.85. The number of methoxy groups -OCH3 is 3. The molecule has 25 heavy (non-hydrogen) atoms. The quantitative estimate of drug-likeness (QED) is 0.620. The molecule has 1 aromatic carbocycles. The Hall–Kier alpha value is -1.25. The van der Waals surface area contributed by atoms with Gasteiger partial charge in [0, 0.05) is 32.2 Å². The molecule has 0 fully saturated rings. The molecule has 0 unspecified atom stereocenters. The fraction of sp³-hybridized carbons (Fsp3) is 0.562. The monoisotopic (exact) mass is 395 g/mol. The average Bonchev–Trinajstić information content (AvgIpc) is 2.90. The van der Waals surface area contributed by atoms with Crippen molar-refractivity contribution in [2.75, 3.05) is 47.7 Å². The Bertz CT molecular complexity index is 637. The molecule has 9 heteroatoms.